The van der Waals surface area contributed by atoms with E-state index >= 15 is 0 Å². The second-order valence-electron chi connectivity index (χ2n) is 16.8. The van der Waals surface area contributed by atoms with Crippen molar-refractivity contribution in [2.24, 2.45) is 29.1 Å². The summed E-state index contributed by atoms with van der Waals surface area (Å²) in [6.07, 6.45) is 0.172. The SMILES string of the molecule is COc1ccc(C(=O)OC2CC[C@@]3(C)C4CCC5[C@]6(O)C[C@H](O)[C@@]7(O)C(CN8CC(C)CCC8[C@@]7(C)O)[C@]6(O)C[C@@]53O[C@]24O)cc1OC. The average molecular weight is 674 g/mol. The Bertz CT molecular complexity index is 1520. The molecule has 4 bridgehead atoms. The van der Waals surface area contributed by atoms with Crippen LogP contribution in [-0.2, 0) is 9.47 Å². The summed E-state index contributed by atoms with van der Waals surface area (Å²) in [5.74, 6) is -3.63. The number of nitrogens with zero attached hydrogens (tertiary/aromatic N) is 1. The van der Waals surface area contributed by atoms with Crippen molar-refractivity contribution in [3.8, 4) is 11.5 Å². The van der Waals surface area contributed by atoms with Gasteiger partial charge < -0.3 is 49.6 Å². The van der Waals surface area contributed by atoms with Crippen LogP contribution in [0.3, 0.4) is 0 Å². The second kappa shape index (κ2) is 10.1. The smallest absolute Gasteiger partial charge is 0.338 e. The maximum Gasteiger partial charge on any atom is 0.338 e. The molecule has 1 spiro atoms. The molecule has 48 heavy (non-hydrogen) atoms. The molecule has 7 aliphatic rings. The van der Waals surface area contributed by atoms with Gasteiger partial charge in [-0.05, 0) is 69.6 Å². The zero-order valence-corrected chi connectivity index (χ0v) is 28.5. The lowest BCUT2D eigenvalue weighted by molar-refractivity contribution is -0.354. The minimum atomic E-state index is -2.10. The van der Waals surface area contributed by atoms with E-state index in [-0.39, 0.29) is 24.9 Å². The number of aliphatic hydroxyl groups excluding tert-OH is 1. The Balaban J connectivity index is 1.16. The number of carbonyl (C=O) groups is 1. The van der Waals surface area contributed by atoms with Crippen LogP contribution in [0, 0.1) is 29.1 Å². The summed E-state index contributed by atoms with van der Waals surface area (Å²) in [5, 5.41) is 74.7. The van der Waals surface area contributed by atoms with E-state index in [4.69, 9.17) is 18.9 Å². The molecule has 266 valence electrons. The van der Waals surface area contributed by atoms with E-state index < -0.39 is 81.2 Å². The fourth-order valence-corrected chi connectivity index (χ4v) is 12.6. The molecule has 14 atom stereocenters. The molecule has 6 N–H and O–H groups in total. The third kappa shape index (κ3) is 3.66. The van der Waals surface area contributed by atoms with Crippen LogP contribution in [0.15, 0.2) is 18.2 Å². The normalized spacial score (nSPS) is 53.6. The molecule has 1 aromatic rings. The number of piperidine rings is 2. The molecule has 3 heterocycles. The molecular formula is C36H51NO11. The highest BCUT2D eigenvalue weighted by Gasteiger charge is 2.88. The number of hydrogen-bond acceptors (Lipinski definition) is 12. The first kappa shape index (κ1) is 33.1. The Morgan fingerprint density at radius 2 is 1.60 bits per heavy atom. The first-order valence-electron chi connectivity index (χ1n) is 17.6. The van der Waals surface area contributed by atoms with Crippen molar-refractivity contribution in [3.05, 3.63) is 23.8 Å². The minimum Gasteiger partial charge on any atom is -0.493 e. The first-order valence-corrected chi connectivity index (χ1v) is 17.6. The maximum atomic E-state index is 13.5. The highest BCUT2D eigenvalue weighted by molar-refractivity contribution is 5.90. The summed E-state index contributed by atoms with van der Waals surface area (Å²) >= 11 is 0. The van der Waals surface area contributed by atoms with Crippen LogP contribution in [-0.4, -0.2) is 121 Å². The first-order chi connectivity index (χ1) is 22.5. The zero-order chi connectivity index (χ0) is 34.4. The van der Waals surface area contributed by atoms with Gasteiger partial charge in [-0.1, -0.05) is 13.8 Å². The highest BCUT2D eigenvalue weighted by Crippen LogP contribution is 2.78. The van der Waals surface area contributed by atoms with Gasteiger partial charge in [0.1, 0.15) is 22.4 Å². The molecule has 3 aliphatic heterocycles. The van der Waals surface area contributed by atoms with Crippen molar-refractivity contribution < 1.29 is 54.4 Å². The van der Waals surface area contributed by atoms with E-state index in [0.717, 1.165) is 6.42 Å². The standard InChI is InChI=1S/C36H51NO11/c1-19-6-11-26-31(3,40)35(43)25(17-37(26)16-19)33(42)18-34-24(32(33,41)15-27(35)38)10-9-23-30(34,2)13-12-28(36(23,44)48-34)47-29(39)20-7-8-21(45-4)22(14-20)46-5/h7-8,14,19,23-28,38,40-44H,6,9-13,15-18H2,1-5H3/t19?,23?,24?,25?,26?,27-,28?,30-,31+,32+,33+,34+,35-,36-/m0/s1. The molecule has 1 aromatic carbocycles. The Labute approximate surface area is 280 Å². The largest absolute Gasteiger partial charge is 0.493 e. The topological polar surface area (TPSA) is 179 Å². The zero-order valence-electron chi connectivity index (χ0n) is 28.5. The van der Waals surface area contributed by atoms with Gasteiger partial charge >= 0.3 is 5.97 Å². The summed E-state index contributed by atoms with van der Waals surface area (Å²) < 4.78 is 23.5. The van der Waals surface area contributed by atoms with Crippen molar-refractivity contribution in [2.75, 3.05) is 27.3 Å². The van der Waals surface area contributed by atoms with Gasteiger partial charge in [0.25, 0.3) is 0 Å². The van der Waals surface area contributed by atoms with Crippen molar-refractivity contribution in [1.82, 2.24) is 4.90 Å². The van der Waals surface area contributed by atoms with E-state index in [2.05, 4.69) is 11.8 Å². The fourth-order valence-electron chi connectivity index (χ4n) is 12.6. The Hall–Kier alpha value is -2.03. The van der Waals surface area contributed by atoms with E-state index in [1.54, 1.807) is 19.1 Å². The number of fused-ring (bicyclic) bond motifs is 5. The molecule has 7 fully saturated rings. The molecule has 8 rings (SSSR count). The summed E-state index contributed by atoms with van der Waals surface area (Å²) in [7, 11) is 2.97. The molecule has 0 aromatic heterocycles. The number of methoxy groups -OCH3 is 2. The molecule has 0 amide bonds. The van der Waals surface area contributed by atoms with Crippen LogP contribution in [0.4, 0.5) is 0 Å². The summed E-state index contributed by atoms with van der Waals surface area (Å²) in [6, 6.07) is 4.28. The quantitative estimate of drug-likeness (QED) is 0.253. The van der Waals surface area contributed by atoms with Crippen molar-refractivity contribution in [3.63, 3.8) is 0 Å². The Morgan fingerprint density at radius 3 is 2.31 bits per heavy atom. The van der Waals surface area contributed by atoms with Crippen LogP contribution in [0.1, 0.15) is 82.5 Å². The van der Waals surface area contributed by atoms with Crippen LogP contribution < -0.4 is 9.47 Å². The summed E-state index contributed by atoms with van der Waals surface area (Å²) in [5.41, 5.74) is -9.44. The number of benzene rings is 1. The number of aliphatic hydroxyl groups is 6. The van der Waals surface area contributed by atoms with E-state index in [9.17, 15) is 35.4 Å². The second-order valence-corrected chi connectivity index (χ2v) is 16.8. The van der Waals surface area contributed by atoms with E-state index in [0.29, 0.717) is 56.1 Å². The Morgan fingerprint density at radius 1 is 0.896 bits per heavy atom. The highest BCUT2D eigenvalue weighted by atomic mass is 16.7. The Kier molecular flexibility index (Phi) is 6.94. The van der Waals surface area contributed by atoms with Gasteiger partial charge in [0, 0.05) is 55.1 Å². The molecule has 6 unspecified atom stereocenters. The number of rotatable bonds is 4. The molecule has 3 saturated heterocycles. The summed E-state index contributed by atoms with van der Waals surface area (Å²) in [4.78, 5) is 15.6. The predicted molar refractivity (Wildman–Crippen MR) is 169 cm³/mol. The van der Waals surface area contributed by atoms with Crippen molar-refractivity contribution in [2.45, 2.75) is 124 Å². The van der Waals surface area contributed by atoms with E-state index in [1.165, 1.54) is 20.3 Å². The predicted octanol–water partition coefficient (Wildman–Crippen LogP) is 1.36. The van der Waals surface area contributed by atoms with Gasteiger partial charge in [-0.25, -0.2) is 4.79 Å². The number of hydrogen-bond donors (Lipinski definition) is 6. The monoisotopic (exact) mass is 673 g/mol. The average Bonchev–Trinajstić information content (AvgIpc) is 3.21. The molecule has 4 aliphatic carbocycles. The van der Waals surface area contributed by atoms with Gasteiger partial charge in [-0.15, -0.1) is 0 Å². The van der Waals surface area contributed by atoms with Gasteiger partial charge in [0.2, 0.25) is 5.79 Å². The minimum absolute atomic E-state index is 0.101. The number of ether oxygens (including phenoxy) is 4. The van der Waals surface area contributed by atoms with Gasteiger partial charge in [-0.2, -0.15) is 0 Å². The number of esters is 1. The van der Waals surface area contributed by atoms with E-state index in [1.807, 2.05) is 6.92 Å². The van der Waals surface area contributed by atoms with Gasteiger partial charge in [-0.3, -0.25) is 4.90 Å². The van der Waals surface area contributed by atoms with Crippen LogP contribution in [0.25, 0.3) is 0 Å². The molecular weight excluding hydrogens is 622 g/mol. The van der Waals surface area contributed by atoms with Crippen LogP contribution >= 0.6 is 0 Å². The lowest BCUT2D eigenvalue weighted by Gasteiger charge is -2.68. The van der Waals surface area contributed by atoms with Crippen LogP contribution in [0.5, 0.6) is 11.5 Å². The van der Waals surface area contributed by atoms with Gasteiger partial charge in [0.15, 0.2) is 17.6 Å². The van der Waals surface area contributed by atoms with Crippen molar-refractivity contribution >= 4 is 5.97 Å². The van der Waals surface area contributed by atoms with Crippen molar-refractivity contribution in [1.29, 1.82) is 0 Å². The molecule has 4 saturated carbocycles. The molecule has 12 heteroatoms. The lowest BCUT2D eigenvalue weighted by Crippen LogP contribution is -2.85. The lowest BCUT2D eigenvalue weighted by atomic mass is 9.49. The molecule has 12 nitrogen and oxygen atoms in total. The molecule has 0 radical (unpaired) electrons. The summed E-state index contributed by atoms with van der Waals surface area (Å²) in [6.45, 7) is 6.57. The third-order valence-corrected chi connectivity index (χ3v) is 14.9. The van der Waals surface area contributed by atoms with Gasteiger partial charge in [0.05, 0.1) is 31.5 Å². The third-order valence-electron chi connectivity index (χ3n) is 14.9. The van der Waals surface area contributed by atoms with Crippen LogP contribution in [0.2, 0.25) is 0 Å². The fraction of sp³-hybridized carbons (Fsp3) is 0.806. The maximum absolute atomic E-state index is 13.5. The number of carbonyl (C=O) groups excluding carboxylic acids is 1.